The van der Waals surface area contributed by atoms with E-state index in [0.717, 1.165) is 17.1 Å². The van der Waals surface area contributed by atoms with Crippen LogP contribution in [0.3, 0.4) is 0 Å². The van der Waals surface area contributed by atoms with E-state index in [9.17, 15) is 9.59 Å². The van der Waals surface area contributed by atoms with Crippen LogP contribution in [0, 0.1) is 13.8 Å². The maximum atomic E-state index is 11.5. The lowest BCUT2D eigenvalue weighted by Gasteiger charge is -2.14. The van der Waals surface area contributed by atoms with E-state index < -0.39 is 0 Å². The second kappa shape index (κ2) is 2.94. The third-order valence-electron chi connectivity index (χ3n) is 2.34. The lowest BCUT2D eigenvalue weighted by Crippen LogP contribution is -2.25. The Morgan fingerprint density at radius 1 is 1.36 bits per heavy atom. The highest BCUT2D eigenvalue weighted by Crippen LogP contribution is 2.25. The molecule has 0 atom stereocenters. The number of carbonyl (C=O) groups excluding carboxylic acids is 2. The molecule has 5 heteroatoms. The summed E-state index contributed by atoms with van der Waals surface area (Å²) in [6.45, 7) is 3.83. The van der Waals surface area contributed by atoms with Crippen molar-refractivity contribution in [2.45, 2.75) is 20.3 Å². The largest absolute Gasteiger partial charge is 0.301 e. The predicted molar refractivity (Wildman–Crippen MR) is 50.0 cm³/mol. The van der Waals surface area contributed by atoms with Gasteiger partial charge < -0.3 is 4.90 Å². The Morgan fingerprint density at radius 3 is 2.50 bits per heavy atom. The monoisotopic (exact) mass is 193 g/mol. The van der Waals surface area contributed by atoms with Gasteiger partial charge in [-0.2, -0.15) is 5.10 Å². The number of Topliss-reactive ketones (excluding diaryl/α,β-unsaturated/α-hetero) is 1. The molecule has 0 unspecified atom stereocenters. The van der Waals surface area contributed by atoms with Crippen molar-refractivity contribution >= 4 is 17.4 Å². The second-order valence-electron chi connectivity index (χ2n) is 3.48. The van der Waals surface area contributed by atoms with Crippen molar-refractivity contribution in [1.82, 2.24) is 10.2 Å². The van der Waals surface area contributed by atoms with Gasteiger partial charge in [0.25, 0.3) is 0 Å². The van der Waals surface area contributed by atoms with E-state index in [1.165, 1.54) is 4.90 Å². The zero-order valence-corrected chi connectivity index (χ0v) is 8.13. The van der Waals surface area contributed by atoms with Crippen LogP contribution in [-0.4, -0.2) is 28.4 Å². The number of aromatic amines is 1. The van der Waals surface area contributed by atoms with Gasteiger partial charge in [0.1, 0.15) is 0 Å². The average Bonchev–Trinajstić information content (AvgIpc) is 2.57. The average molecular weight is 193 g/mol. The standard InChI is InChI=1S/C9H11N3O2/c1-5-9(6(2)11-10-5)12-4-7(13)3-8(12)14/h3-4H2,1-2H3,(H,10,11). The number of amides is 1. The first-order chi connectivity index (χ1) is 6.59. The summed E-state index contributed by atoms with van der Waals surface area (Å²) in [5.74, 6) is -0.169. The van der Waals surface area contributed by atoms with Crippen molar-refractivity contribution < 1.29 is 9.59 Å². The van der Waals surface area contributed by atoms with Crippen LogP contribution >= 0.6 is 0 Å². The van der Waals surface area contributed by atoms with E-state index in [-0.39, 0.29) is 24.7 Å². The van der Waals surface area contributed by atoms with Crippen molar-refractivity contribution in [1.29, 1.82) is 0 Å². The summed E-state index contributed by atoms with van der Waals surface area (Å²) in [4.78, 5) is 24.0. The molecule has 1 fully saturated rings. The third kappa shape index (κ3) is 1.21. The highest BCUT2D eigenvalue weighted by Gasteiger charge is 2.31. The first-order valence-corrected chi connectivity index (χ1v) is 4.43. The van der Waals surface area contributed by atoms with E-state index in [1.54, 1.807) is 0 Å². The molecule has 1 aliphatic rings. The molecular formula is C9H11N3O2. The van der Waals surface area contributed by atoms with Gasteiger partial charge in [-0.05, 0) is 13.8 Å². The molecule has 74 valence electrons. The summed E-state index contributed by atoms with van der Waals surface area (Å²) in [6.07, 6.45) is 0.0179. The van der Waals surface area contributed by atoms with Crippen LogP contribution in [0.15, 0.2) is 0 Å². The fourth-order valence-electron chi connectivity index (χ4n) is 1.73. The lowest BCUT2D eigenvalue weighted by molar-refractivity contribution is -0.121. The van der Waals surface area contributed by atoms with Gasteiger partial charge in [-0.3, -0.25) is 14.7 Å². The van der Waals surface area contributed by atoms with Crippen molar-refractivity contribution in [3.8, 4) is 0 Å². The van der Waals surface area contributed by atoms with E-state index in [2.05, 4.69) is 10.2 Å². The smallest absolute Gasteiger partial charge is 0.235 e. The van der Waals surface area contributed by atoms with Crippen LogP contribution in [0.25, 0.3) is 0 Å². The van der Waals surface area contributed by atoms with Gasteiger partial charge in [0.05, 0.1) is 30.0 Å². The fraction of sp³-hybridized carbons (Fsp3) is 0.444. The molecule has 5 nitrogen and oxygen atoms in total. The molecule has 2 heterocycles. The molecule has 1 aromatic heterocycles. The Morgan fingerprint density at radius 2 is 2.07 bits per heavy atom. The van der Waals surface area contributed by atoms with Crippen LogP contribution in [-0.2, 0) is 9.59 Å². The second-order valence-corrected chi connectivity index (χ2v) is 3.48. The van der Waals surface area contributed by atoms with E-state index in [4.69, 9.17) is 0 Å². The van der Waals surface area contributed by atoms with Gasteiger partial charge in [-0.25, -0.2) is 0 Å². The first-order valence-electron chi connectivity index (χ1n) is 4.43. The van der Waals surface area contributed by atoms with Gasteiger partial charge in [-0.1, -0.05) is 0 Å². The number of rotatable bonds is 1. The van der Waals surface area contributed by atoms with Gasteiger partial charge in [0.2, 0.25) is 5.91 Å². The Kier molecular flexibility index (Phi) is 1.87. The summed E-state index contributed by atoms with van der Waals surface area (Å²) in [6, 6.07) is 0. The lowest BCUT2D eigenvalue weighted by atomic mass is 10.3. The van der Waals surface area contributed by atoms with Gasteiger partial charge in [0, 0.05) is 0 Å². The normalized spacial score (nSPS) is 16.9. The summed E-state index contributed by atoms with van der Waals surface area (Å²) in [5.41, 5.74) is 2.33. The van der Waals surface area contributed by atoms with Crippen molar-refractivity contribution in [3.05, 3.63) is 11.4 Å². The Hall–Kier alpha value is -1.65. The number of hydrogen-bond donors (Lipinski definition) is 1. The number of nitrogens with one attached hydrogen (secondary N) is 1. The number of aromatic nitrogens is 2. The van der Waals surface area contributed by atoms with Crippen molar-refractivity contribution in [2.24, 2.45) is 0 Å². The van der Waals surface area contributed by atoms with Crippen LogP contribution in [0.2, 0.25) is 0 Å². The number of hydrogen-bond acceptors (Lipinski definition) is 3. The topological polar surface area (TPSA) is 66.1 Å². The van der Waals surface area contributed by atoms with Crippen molar-refractivity contribution in [3.63, 3.8) is 0 Å². The van der Waals surface area contributed by atoms with Crippen LogP contribution in [0.1, 0.15) is 17.8 Å². The number of H-pyrrole nitrogens is 1. The Balaban J connectivity index is 2.40. The van der Waals surface area contributed by atoms with Crippen LogP contribution in [0.5, 0.6) is 0 Å². The molecular weight excluding hydrogens is 182 g/mol. The molecule has 1 amide bonds. The molecule has 1 aliphatic heterocycles. The molecule has 14 heavy (non-hydrogen) atoms. The highest BCUT2D eigenvalue weighted by molar-refractivity contribution is 6.15. The minimum absolute atomic E-state index is 0.0179. The molecule has 0 radical (unpaired) electrons. The number of anilines is 1. The van der Waals surface area contributed by atoms with E-state index in [0.29, 0.717) is 0 Å². The summed E-state index contributed by atoms with van der Waals surface area (Å²) in [7, 11) is 0. The highest BCUT2D eigenvalue weighted by atomic mass is 16.2. The SMILES string of the molecule is Cc1n[nH]c(C)c1N1CC(=O)CC1=O. The fourth-order valence-corrected chi connectivity index (χ4v) is 1.73. The maximum absolute atomic E-state index is 11.5. The molecule has 1 aromatic rings. The molecule has 0 spiro atoms. The van der Waals surface area contributed by atoms with Crippen LogP contribution < -0.4 is 4.90 Å². The third-order valence-corrected chi connectivity index (χ3v) is 2.34. The van der Waals surface area contributed by atoms with E-state index >= 15 is 0 Å². The first kappa shape index (κ1) is 8.93. The predicted octanol–water partition coefficient (Wildman–Crippen LogP) is 0.332. The quantitative estimate of drug-likeness (QED) is 0.654. The zero-order valence-electron chi connectivity index (χ0n) is 8.13. The summed E-state index contributed by atoms with van der Waals surface area (Å²) in [5, 5.41) is 6.78. The van der Waals surface area contributed by atoms with Gasteiger partial charge in [0.15, 0.2) is 5.78 Å². The summed E-state index contributed by atoms with van der Waals surface area (Å²) >= 11 is 0. The van der Waals surface area contributed by atoms with Crippen molar-refractivity contribution in [2.75, 3.05) is 11.4 Å². The number of aryl methyl sites for hydroxylation is 2. The molecule has 0 saturated carbocycles. The zero-order chi connectivity index (χ0) is 10.3. The molecule has 0 bridgehead atoms. The number of nitrogens with zero attached hydrogens (tertiary/aromatic N) is 2. The van der Waals surface area contributed by atoms with Gasteiger partial charge >= 0.3 is 0 Å². The van der Waals surface area contributed by atoms with Gasteiger partial charge in [-0.15, -0.1) is 0 Å². The Labute approximate surface area is 81.1 Å². The number of ketones is 1. The van der Waals surface area contributed by atoms with Crippen LogP contribution in [0.4, 0.5) is 5.69 Å². The molecule has 1 saturated heterocycles. The number of carbonyl (C=O) groups is 2. The Bertz CT molecular complexity index is 389. The van der Waals surface area contributed by atoms with E-state index in [1.807, 2.05) is 13.8 Å². The minimum Gasteiger partial charge on any atom is -0.301 e. The molecule has 1 N–H and O–H groups in total. The minimum atomic E-state index is -0.136. The molecule has 0 aliphatic carbocycles. The maximum Gasteiger partial charge on any atom is 0.235 e. The summed E-state index contributed by atoms with van der Waals surface area (Å²) < 4.78 is 0. The molecule has 2 rings (SSSR count). The molecule has 0 aromatic carbocycles.